The van der Waals surface area contributed by atoms with Crippen molar-refractivity contribution in [3.63, 3.8) is 0 Å². The smallest absolute Gasteiger partial charge is 0.305 e. The number of hydrogen-bond donors (Lipinski definition) is 3. The van der Waals surface area contributed by atoms with Crippen LogP contribution in [0.1, 0.15) is 367 Å². The first-order valence-electron chi connectivity index (χ1n) is 33.7. The van der Waals surface area contributed by atoms with Gasteiger partial charge in [0.2, 0.25) is 5.91 Å². The summed E-state index contributed by atoms with van der Waals surface area (Å²) in [5.74, 6) is -0.0318. The Kier molecular flexibility index (Phi) is 63.0. The lowest BCUT2D eigenvalue weighted by atomic mass is 10.0. The Morgan fingerprint density at radius 2 is 0.667 bits per heavy atom. The minimum absolute atomic E-state index is 0.00516. The van der Waals surface area contributed by atoms with E-state index in [1.165, 1.54) is 283 Å². The van der Waals surface area contributed by atoms with E-state index in [0.29, 0.717) is 25.9 Å². The number of esters is 1. The molecule has 0 aromatic heterocycles. The number of ether oxygens (including phenoxy) is 1. The number of aliphatic hydroxyl groups excluding tert-OH is 2. The molecule has 442 valence electrons. The molecule has 0 bridgehead atoms. The van der Waals surface area contributed by atoms with Crippen molar-refractivity contribution in [3.8, 4) is 0 Å². The molecule has 0 fully saturated rings. The van der Waals surface area contributed by atoms with Crippen LogP contribution in [-0.2, 0) is 14.3 Å². The molecule has 6 heteroatoms. The average molecular weight is 1050 g/mol. The molecule has 3 N–H and O–H groups in total. The largest absolute Gasteiger partial charge is 0.466 e. The van der Waals surface area contributed by atoms with Crippen LogP contribution in [0.4, 0.5) is 0 Å². The van der Waals surface area contributed by atoms with Crippen LogP contribution in [-0.4, -0.2) is 47.4 Å². The average Bonchev–Trinajstić information content (AvgIpc) is 3.41. The molecule has 2 atom stereocenters. The van der Waals surface area contributed by atoms with Crippen molar-refractivity contribution in [1.29, 1.82) is 0 Å². The van der Waals surface area contributed by atoms with Crippen LogP contribution in [0.15, 0.2) is 36.5 Å². The van der Waals surface area contributed by atoms with Crippen molar-refractivity contribution >= 4 is 11.9 Å². The summed E-state index contributed by atoms with van der Waals surface area (Å²) in [4.78, 5) is 24.6. The molecule has 0 saturated heterocycles. The molecular weight excluding hydrogens is 923 g/mol. The summed E-state index contributed by atoms with van der Waals surface area (Å²) in [5, 5.41) is 23.3. The van der Waals surface area contributed by atoms with Crippen molar-refractivity contribution in [2.45, 2.75) is 379 Å². The second-order valence-corrected chi connectivity index (χ2v) is 23.1. The van der Waals surface area contributed by atoms with Crippen LogP contribution in [0.5, 0.6) is 0 Å². The van der Waals surface area contributed by atoms with Gasteiger partial charge in [-0.2, -0.15) is 0 Å². The summed E-state index contributed by atoms with van der Waals surface area (Å²) in [5.41, 5.74) is 0. The Morgan fingerprint density at radius 1 is 0.373 bits per heavy atom. The van der Waals surface area contributed by atoms with Crippen LogP contribution < -0.4 is 5.32 Å². The Morgan fingerprint density at radius 3 is 1.05 bits per heavy atom. The van der Waals surface area contributed by atoms with Gasteiger partial charge in [-0.3, -0.25) is 9.59 Å². The van der Waals surface area contributed by atoms with Crippen LogP contribution in [0.25, 0.3) is 0 Å². The van der Waals surface area contributed by atoms with E-state index in [4.69, 9.17) is 4.74 Å². The molecule has 0 aromatic carbocycles. The normalized spacial score (nSPS) is 12.7. The number of nitrogens with one attached hydrogen (secondary N) is 1. The van der Waals surface area contributed by atoms with Gasteiger partial charge >= 0.3 is 5.97 Å². The lowest BCUT2D eigenvalue weighted by Gasteiger charge is -2.22. The van der Waals surface area contributed by atoms with Crippen LogP contribution in [0.2, 0.25) is 0 Å². The molecule has 0 aliphatic carbocycles. The van der Waals surface area contributed by atoms with E-state index in [-0.39, 0.29) is 18.5 Å². The van der Waals surface area contributed by atoms with E-state index in [0.717, 1.165) is 51.4 Å². The lowest BCUT2D eigenvalue weighted by Crippen LogP contribution is -2.45. The first-order valence-corrected chi connectivity index (χ1v) is 33.7. The molecule has 0 radical (unpaired) electrons. The van der Waals surface area contributed by atoms with E-state index in [1.54, 1.807) is 0 Å². The third kappa shape index (κ3) is 61.2. The Bertz CT molecular complexity index is 1210. The molecule has 6 nitrogen and oxygen atoms in total. The van der Waals surface area contributed by atoms with Crippen molar-refractivity contribution in [2.24, 2.45) is 0 Å². The molecule has 75 heavy (non-hydrogen) atoms. The summed E-state index contributed by atoms with van der Waals surface area (Å²) >= 11 is 0. The van der Waals surface area contributed by atoms with Gasteiger partial charge in [0.25, 0.3) is 0 Å². The van der Waals surface area contributed by atoms with Gasteiger partial charge in [0, 0.05) is 12.8 Å². The Balaban J connectivity index is 3.40. The van der Waals surface area contributed by atoms with Crippen molar-refractivity contribution in [2.75, 3.05) is 13.2 Å². The van der Waals surface area contributed by atoms with Crippen molar-refractivity contribution in [3.05, 3.63) is 36.5 Å². The van der Waals surface area contributed by atoms with Gasteiger partial charge in [0.05, 0.1) is 25.4 Å². The summed E-state index contributed by atoms with van der Waals surface area (Å²) in [6.45, 7) is 4.95. The fourth-order valence-electron chi connectivity index (χ4n) is 10.5. The fourth-order valence-corrected chi connectivity index (χ4v) is 10.5. The topological polar surface area (TPSA) is 95.9 Å². The molecule has 0 heterocycles. The minimum Gasteiger partial charge on any atom is -0.466 e. The molecule has 0 rings (SSSR count). The predicted molar refractivity (Wildman–Crippen MR) is 329 cm³/mol. The van der Waals surface area contributed by atoms with Crippen LogP contribution >= 0.6 is 0 Å². The van der Waals surface area contributed by atoms with E-state index >= 15 is 0 Å². The molecule has 0 aliphatic heterocycles. The van der Waals surface area contributed by atoms with Crippen molar-refractivity contribution in [1.82, 2.24) is 5.32 Å². The molecule has 0 aromatic rings. The zero-order valence-electron chi connectivity index (χ0n) is 50.5. The number of carbonyl (C=O) groups is 2. The van der Waals surface area contributed by atoms with Gasteiger partial charge < -0.3 is 20.3 Å². The highest BCUT2D eigenvalue weighted by Gasteiger charge is 2.20. The maximum Gasteiger partial charge on any atom is 0.305 e. The van der Waals surface area contributed by atoms with Crippen LogP contribution in [0.3, 0.4) is 0 Å². The third-order valence-electron chi connectivity index (χ3n) is 15.7. The van der Waals surface area contributed by atoms with E-state index in [1.807, 2.05) is 0 Å². The highest BCUT2D eigenvalue weighted by atomic mass is 16.5. The highest BCUT2D eigenvalue weighted by molar-refractivity contribution is 5.76. The van der Waals surface area contributed by atoms with Gasteiger partial charge in [-0.15, -0.1) is 0 Å². The number of unbranched alkanes of at least 4 members (excludes halogenated alkanes) is 46. The van der Waals surface area contributed by atoms with Crippen LogP contribution in [0, 0.1) is 0 Å². The second-order valence-electron chi connectivity index (χ2n) is 23.1. The SMILES string of the molecule is CCCCC/C=C\C/C=C\CCCCCCCCCC(=O)OCCCCCCCCCCCCCC/C=C\CCCCCCCCCCC(=O)NC(CO)C(O)CCCCCCCCCCCCCCCCCCC. The zero-order chi connectivity index (χ0) is 54.3. The van der Waals surface area contributed by atoms with Gasteiger partial charge in [0.15, 0.2) is 0 Å². The predicted octanol–water partition coefficient (Wildman–Crippen LogP) is 21.5. The van der Waals surface area contributed by atoms with Gasteiger partial charge in [-0.1, -0.05) is 307 Å². The lowest BCUT2D eigenvalue weighted by molar-refractivity contribution is -0.143. The highest BCUT2D eigenvalue weighted by Crippen LogP contribution is 2.18. The molecule has 1 amide bonds. The summed E-state index contributed by atoms with van der Waals surface area (Å²) in [6.07, 6.45) is 81.7. The standard InChI is InChI=1S/C69H131NO5/c1-3-5-7-9-11-13-15-17-19-29-33-37-41-45-49-53-57-61-67(72)66(65-71)70-68(73)62-58-54-50-46-42-38-34-31-27-25-23-21-22-24-26-28-32-36-40-44-48-52-56-60-64-75-69(74)63-59-55-51-47-43-39-35-30-20-18-16-14-12-10-8-6-4-2/h12,14,18,20,23,25,66-67,71-72H,3-11,13,15-17,19,21-22,24,26-65H2,1-2H3,(H,70,73)/b14-12-,20-18-,25-23-. The maximum atomic E-state index is 12.5. The Labute approximate surface area is 468 Å². The van der Waals surface area contributed by atoms with E-state index < -0.39 is 12.1 Å². The molecule has 2 unspecified atom stereocenters. The number of carbonyl (C=O) groups excluding carboxylic acids is 2. The fraction of sp³-hybridized carbons (Fsp3) is 0.884. The third-order valence-corrected chi connectivity index (χ3v) is 15.7. The van der Waals surface area contributed by atoms with E-state index in [2.05, 4.69) is 55.6 Å². The van der Waals surface area contributed by atoms with Gasteiger partial charge in [-0.25, -0.2) is 0 Å². The summed E-state index contributed by atoms with van der Waals surface area (Å²) < 4.78 is 5.49. The zero-order valence-corrected chi connectivity index (χ0v) is 50.5. The second kappa shape index (κ2) is 64.6. The maximum absolute atomic E-state index is 12.5. The monoisotopic (exact) mass is 1050 g/mol. The molecular formula is C69H131NO5. The minimum atomic E-state index is -0.668. The first-order chi connectivity index (χ1) is 37.0. The molecule has 0 spiro atoms. The molecule has 0 aliphatic rings. The Hall–Kier alpha value is -1.92. The number of hydrogen-bond acceptors (Lipinski definition) is 5. The van der Waals surface area contributed by atoms with Crippen molar-refractivity contribution < 1.29 is 24.5 Å². The number of allylic oxidation sites excluding steroid dienone is 6. The first kappa shape index (κ1) is 73.1. The number of amides is 1. The summed E-state index contributed by atoms with van der Waals surface area (Å²) in [7, 11) is 0. The number of rotatable bonds is 63. The van der Waals surface area contributed by atoms with Gasteiger partial charge in [0.1, 0.15) is 0 Å². The summed E-state index contributed by atoms with van der Waals surface area (Å²) in [6, 6.07) is -0.545. The quantitative estimate of drug-likeness (QED) is 0.0320. The van der Waals surface area contributed by atoms with Gasteiger partial charge in [-0.05, 0) is 83.5 Å². The number of aliphatic hydroxyl groups is 2. The molecule has 0 saturated carbocycles. The van der Waals surface area contributed by atoms with E-state index in [9.17, 15) is 19.8 Å².